The molecule has 1 saturated heterocycles. The summed E-state index contributed by atoms with van der Waals surface area (Å²) in [5, 5.41) is 9.22. The number of nitrogens with two attached hydrogens (primary N) is 1. The predicted octanol–water partition coefficient (Wildman–Crippen LogP) is 2.04. The van der Waals surface area contributed by atoms with Crippen LogP contribution in [0.1, 0.15) is 24.4 Å². The van der Waals surface area contributed by atoms with E-state index in [1.807, 2.05) is 12.1 Å². The summed E-state index contributed by atoms with van der Waals surface area (Å²) in [5.74, 6) is 0. The summed E-state index contributed by atoms with van der Waals surface area (Å²) in [6.07, 6.45) is 2.47. The van der Waals surface area contributed by atoms with Crippen molar-refractivity contribution in [2.24, 2.45) is 5.73 Å². The van der Waals surface area contributed by atoms with Gasteiger partial charge in [-0.05, 0) is 25.0 Å². The molecule has 0 spiro atoms. The molecule has 3 N–H and O–H groups in total. The first-order chi connectivity index (χ1) is 7.74. The molecule has 1 heterocycles. The molecule has 0 saturated carbocycles. The molecule has 1 aliphatic heterocycles. The highest BCUT2D eigenvalue weighted by Crippen LogP contribution is 2.33. The van der Waals surface area contributed by atoms with E-state index >= 15 is 0 Å². The molecule has 16 heavy (non-hydrogen) atoms. The van der Waals surface area contributed by atoms with Crippen molar-refractivity contribution in [3.05, 3.63) is 28.2 Å². The van der Waals surface area contributed by atoms with Gasteiger partial charge >= 0.3 is 0 Å². The maximum atomic E-state index is 9.22. The maximum Gasteiger partial charge on any atom is 0.0625 e. The molecule has 88 valence electrons. The summed E-state index contributed by atoms with van der Waals surface area (Å²) in [5.41, 5.74) is 8.14. The summed E-state index contributed by atoms with van der Waals surface area (Å²) in [7, 11) is 0. The zero-order valence-electron chi connectivity index (χ0n) is 9.19. The fourth-order valence-electron chi connectivity index (χ4n) is 2.22. The third kappa shape index (κ3) is 2.24. The monoisotopic (exact) mass is 284 g/mol. The summed E-state index contributed by atoms with van der Waals surface area (Å²) in [6, 6.07) is 5.77. The lowest BCUT2D eigenvalue weighted by Crippen LogP contribution is -2.24. The van der Waals surface area contributed by atoms with Crippen LogP contribution in [0.3, 0.4) is 0 Å². The van der Waals surface area contributed by atoms with Crippen LogP contribution < -0.4 is 10.6 Å². The molecule has 1 aromatic carbocycles. The largest absolute Gasteiger partial charge is 0.394 e. The molecule has 1 atom stereocenters. The maximum absolute atomic E-state index is 9.22. The topological polar surface area (TPSA) is 49.5 Å². The SMILES string of the molecule is NC(CO)c1c(Br)cccc1N1CCCC1. The van der Waals surface area contributed by atoms with Gasteiger partial charge in [-0.2, -0.15) is 0 Å². The first-order valence-corrected chi connectivity index (χ1v) is 6.43. The summed E-state index contributed by atoms with van der Waals surface area (Å²) < 4.78 is 0.985. The van der Waals surface area contributed by atoms with Crippen molar-refractivity contribution in [2.75, 3.05) is 24.6 Å². The summed E-state index contributed by atoms with van der Waals surface area (Å²) in [6.45, 7) is 2.15. The number of aliphatic hydroxyl groups excluding tert-OH is 1. The number of aliphatic hydroxyl groups is 1. The Labute approximate surface area is 104 Å². The second kappa shape index (κ2) is 5.17. The molecule has 1 aromatic rings. The van der Waals surface area contributed by atoms with Crippen molar-refractivity contribution < 1.29 is 5.11 Å². The number of nitrogens with zero attached hydrogens (tertiary/aromatic N) is 1. The Morgan fingerprint density at radius 2 is 2.06 bits per heavy atom. The van der Waals surface area contributed by atoms with E-state index in [0.717, 1.165) is 28.8 Å². The van der Waals surface area contributed by atoms with Crippen LogP contribution >= 0.6 is 15.9 Å². The normalized spacial score (nSPS) is 17.8. The number of hydrogen-bond donors (Lipinski definition) is 2. The second-order valence-electron chi connectivity index (χ2n) is 4.16. The van der Waals surface area contributed by atoms with Gasteiger partial charge in [-0.1, -0.05) is 22.0 Å². The van der Waals surface area contributed by atoms with Crippen molar-refractivity contribution in [1.82, 2.24) is 0 Å². The Morgan fingerprint density at radius 3 is 2.69 bits per heavy atom. The average molecular weight is 285 g/mol. The van der Waals surface area contributed by atoms with Crippen LogP contribution in [0.4, 0.5) is 5.69 Å². The van der Waals surface area contributed by atoms with Gasteiger partial charge in [-0.25, -0.2) is 0 Å². The Hall–Kier alpha value is -0.580. The molecule has 1 unspecified atom stereocenters. The molecule has 0 aliphatic carbocycles. The van der Waals surface area contributed by atoms with Crippen molar-refractivity contribution in [1.29, 1.82) is 0 Å². The summed E-state index contributed by atoms with van der Waals surface area (Å²) >= 11 is 3.52. The molecule has 1 fully saturated rings. The molecule has 2 rings (SSSR count). The third-order valence-corrected chi connectivity index (χ3v) is 3.74. The number of hydrogen-bond acceptors (Lipinski definition) is 3. The van der Waals surface area contributed by atoms with Gasteiger partial charge in [0, 0.05) is 28.8 Å². The van der Waals surface area contributed by atoms with Crippen LogP contribution in [0.5, 0.6) is 0 Å². The van der Waals surface area contributed by atoms with Crippen molar-refractivity contribution in [2.45, 2.75) is 18.9 Å². The number of halogens is 1. The highest BCUT2D eigenvalue weighted by molar-refractivity contribution is 9.10. The molecule has 0 bridgehead atoms. The molecule has 3 nitrogen and oxygen atoms in total. The van der Waals surface area contributed by atoms with Gasteiger partial charge < -0.3 is 15.7 Å². The quantitative estimate of drug-likeness (QED) is 0.893. The van der Waals surface area contributed by atoms with E-state index in [4.69, 9.17) is 5.73 Å². The third-order valence-electron chi connectivity index (χ3n) is 3.04. The molecule has 0 amide bonds. The minimum absolute atomic E-state index is 0.0244. The summed E-state index contributed by atoms with van der Waals surface area (Å²) in [4.78, 5) is 2.34. The van der Waals surface area contributed by atoms with Crippen molar-refractivity contribution >= 4 is 21.6 Å². The van der Waals surface area contributed by atoms with Crippen LogP contribution in [-0.2, 0) is 0 Å². The van der Waals surface area contributed by atoms with E-state index in [9.17, 15) is 5.11 Å². The first kappa shape index (κ1) is 11.9. The second-order valence-corrected chi connectivity index (χ2v) is 5.01. The molecule has 0 radical (unpaired) electrons. The van der Waals surface area contributed by atoms with Crippen LogP contribution in [-0.4, -0.2) is 24.8 Å². The number of anilines is 1. The van der Waals surface area contributed by atoms with E-state index in [2.05, 4.69) is 26.9 Å². The van der Waals surface area contributed by atoms with Gasteiger partial charge in [-0.15, -0.1) is 0 Å². The lowest BCUT2D eigenvalue weighted by molar-refractivity contribution is 0.268. The van der Waals surface area contributed by atoms with E-state index in [1.165, 1.54) is 12.8 Å². The average Bonchev–Trinajstić information content (AvgIpc) is 2.81. The highest BCUT2D eigenvalue weighted by Gasteiger charge is 2.20. The van der Waals surface area contributed by atoms with E-state index in [1.54, 1.807) is 0 Å². The highest BCUT2D eigenvalue weighted by atomic mass is 79.9. The molecule has 1 aliphatic rings. The fourth-order valence-corrected chi connectivity index (χ4v) is 2.87. The Bertz CT molecular complexity index is 364. The first-order valence-electron chi connectivity index (χ1n) is 5.64. The van der Waals surface area contributed by atoms with Crippen LogP contribution in [0, 0.1) is 0 Å². The number of benzene rings is 1. The zero-order valence-corrected chi connectivity index (χ0v) is 10.8. The lowest BCUT2D eigenvalue weighted by atomic mass is 10.1. The van der Waals surface area contributed by atoms with Crippen LogP contribution in [0.15, 0.2) is 22.7 Å². The molecule has 4 heteroatoms. The fraction of sp³-hybridized carbons (Fsp3) is 0.500. The Morgan fingerprint density at radius 1 is 1.38 bits per heavy atom. The molecular formula is C12H17BrN2O. The van der Waals surface area contributed by atoms with Gasteiger partial charge in [0.1, 0.15) is 0 Å². The zero-order chi connectivity index (χ0) is 11.5. The molecule has 0 aromatic heterocycles. The van der Waals surface area contributed by atoms with Gasteiger partial charge in [0.2, 0.25) is 0 Å². The molecular weight excluding hydrogens is 268 g/mol. The van der Waals surface area contributed by atoms with Gasteiger partial charge in [0.05, 0.1) is 12.6 Å². The van der Waals surface area contributed by atoms with Crippen LogP contribution in [0.2, 0.25) is 0 Å². The van der Waals surface area contributed by atoms with Gasteiger partial charge in [0.15, 0.2) is 0 Å². The van der Waals surface area contributed by atoms with E-state index < -0.39 is 0 Å². The standard InChI is InChI=1S/C12H17BrN2O/c13-9-4-3-5-11(12(9)10(14)8-16)15-6-1-2-7-15/h3-5,10,16H,1-2,6-8,14H2. The lowest BCUT2D eigenvalue weighted by Gasteiger charge is -2.24. The van der Waals surface area contributed by atoms with E-state index in [-0.39, 0.29) is 12.6 Å². The van der Waals surface area contributed by atoms with Gasteiger partial charge in [0.25, 0.3) is 0 Å². The Kier molecular flexibility index (Phi) is 3.84. The predicted molar refractivity (Wildman–Crippen MR) is 69.6 cm³/mol. The Balaban J connectivity index is 2.38. The number of rotatable bonds is 3. The minimum atomic E-state index is -0.314. The van der Waals surface area contributed by atoms with E-state index in [0.29, 0.717) is 0 Å². The van der Waals surface area contributed by atoms with Crippen molar-refractivity contribution in [3.63, 3.8) is 0 Å². The van der Waals surface area contributed by atoms with Crippen LogP contribution in [0.25, 0.3) is 0 Å². The van der Waals surface area contributed by atoms with Crippen molar-refractivity contribution in [3.8, 4) is 0 Å². The smallest absolute Gasteiger partial charge is 0.0625 e. The van der Waals surface area contributed by atoms with Gasteiger partial charge in [-0.3, -0.25) is 0 Å². The minimum Gasteiger partial charge on any atom is -0.394 e.